The number of nitrogens with zero attached hydrogens (tertiary/aromatic N) is 2. The number of hydrogen-bond donors (Lipinski definition) is 1. The first-order chi connectivity index (χ1) is 11.6. The van der Waals surface area contributed by atoms with Crippen LogP contribution >= 0.6 is 0 Å². The monoisotopic (exact) mass is 329 g/mol. The lowest BCUT2D eigenvalue weighted by Crippen LogP contribution is -2.37. The number of hydrogen-bond acceptors (Lipinski definition) is 3. The van der Waals surface area contributed by atoms with Gasteiger partial charge in [0.2, 0.25) is 0 Å². The molecular formula is C20H31N3O. The van der Waals surface area contributed by atoms with Gasteiger partial charge in [0.25, 0.3) is 5.91 Å². The average molecular weight is 329 g/mol. The standard InChI is InChI=1S/C20H31N3O/c1-16-8-9-18(21)14-19(16)20(24)23-11-5-10-22(12-13-23)15-17-6-3-2-4-7-17/h8-9,14,17H,2-7,10-13,15,21H2,1H3. The van der Waals surface area contributed by atoms with Crippen LogP contribution in [-0.2, 0) is 0 Å². The molecule has 4 nitrogen and oxygen atoms in total. The van der Waals surface area contributed by atoms with Gasteiger partial charge in [0.05, 0.1) is 0 Å². The fraction of sp³-hybridized carbons (Fsp3) is 0.650. The molecule has 0 spiro atoms. The zero-order valence-corrected chi connectivity index (χ0v) is 15.0. The zero-order chi connectivity index (χ0) is 16.9. The van der Waals surface area contributed by atoms with Gasteiger partial charge in [-0.3, -0.25) is 4.79 Å². The fourth-order valence-electron chi connectivity index (χ4n) is 4.13. The van der Waals surface area contributed by atoms with Crippen molar-refractivity contribution in [3.63, 3.8) is 0 Å². The molecule has 1 saturated heterocycles. The second kappa shape index (κ2) is 8.02. The Morgan fingerprint density at radius 3 is 2.67 bits per heavy atom. The van der Waals surface area contributed by atoms with Crippen LogP contribution in [0.15, 0.2) is 18.2 Å². The molecule has 4 heteroatoms. The van der Waals surface area contributed by atoms with E-state index in [0.717, 1.165) is 49.6 Å². The first kappa shape index (κ1) is 17.3. The van der Waals surface area contributed by atoms with Crippen LogP contribution in [0, 0.1) is 12.8 Å². The molecule has 2 fully saturated rings. The molecule has 0 unspecified atom stereocenters. The van der Waals surface area contributed by atoms with Gasteiger partial charge in [0, 0.05) is 37.4 Å². The number of aryl methyl sites for hydroxylation is 1. The van der Waals surface area contributed by atoms with Crippen LogP contribution in [0.3, 0.4) is 0 Å². The van der Waals surface area contributed by atoms with E-state index >= 15 is 0 Å². The maximum atomic E-state index is 12.9. The SMILES string of the molecule is Cc1ccc(N)cc1C(=O)N1CCCN(CC2CCCCC2)CC1. The van der Waals surface area contributed by atoms with Gasteiger partial charge >= 0.3 is 0 Å². The summed E-state index contributed by atoms with van der Waals surface area (Å²) in [4.78, 5) is 17.5. The van der Waals surface area contributed by atoms with Crippen molar-refractivity contribution in [2.75, 3.05) is 38.5 Å². The van der Waals surface area contributed by atoms with Crippen LogP contribution in [0.4, 0.5) is 5.69 Å². The summed E-state index contributed by atoms with van der Waals surface area (Å²) in [6.07, 6.45) is 8.07. The predicted octanol–water partition coefficient (Wildman–Crippen LogP) is 3.31. The number of nitrogens with two attached hydrogens (primary N) is 1. The Labute approximate surface area is 146 Å². The van der Waals surface area contributed by atoms with Crippen LogP contribution < -0.4 is 5.73 Å². The number of anilines is 1. The number of benzene rings is 1. The van der Waals surface area contributed by atoms with E-state index in [9.17, 15) is 4.79 Å². The summed E-state index contributed by atoms with van der Waals surface area (Å²) in [7, 11) is 0. The first-order valence-electron chi connectivity index (χ1n) is 9.51. The smallest absolute Gasteiger partial charge is 0.254 e. The third-order valence-electron chi connectivity index (χ3n) is 5.61. The maximum absolute atomic E-state index is 12.9. The normalized spacial score (nSPS) is 20.8. The molecule has 1 saturated carbocycles. The number of carbonyl (C=O) groups is 1. The molecule has 1 aliphatic heterocycles. The second-order valence-electron chi connectivity index (χ2n) is 7.52. The van der Waals surface area contributed by atoms with Crippen molar-refractivity contribution in [1.29, 1.82) is 0 Å². The summed E-state index contributed by atoms with van der Waals surface area (Å²) in [5, 5.41) is 0. The number of amides is 1. The van der Waals surface area contributed by atoms with E-state index < -0.39 is 0 Å². The highest BCUT2D eigenvalue weighted by atomic mass is 16.2. The average Bonchev–Trinajstić information content (AvgIpc) is 2.83. The van der Waals surface area contributed by atoms with Crippen LogP contribution in [0.25, 0.3) is 0 Å². The van der Waals surface area contributed by atoms with E-state index in [1.165, 1.54) is 38.6 Å². The van der Waals surface area contributed by atoms with Crippen LogP contribution in [-0.4, -0.2) is 48.4 Å². The van der Waals surface area contributed by atoms with E-state index in [-0.39, 0.29) is 5.91 Å². The molecule has 0 aromatic heterocycles. The summed E-state index contributed by atoms with van der Waals surface area (Å²) in [5.41, 5.74) is 8.31. The van der Waals surface area contributed by atoms with Gasteiger partial charge in [0.1, 0.15) is 0 Å². The molecule has 0 atom stereocenters. The summed E-state index contributed by atoms with van der Waals surface area (Å²) in [6.45, 7) is 7.02. The molecule has 132 valence electrons. The maximum Gasteiger partial charge on any atom is 0.254 e. The molecule has 1 aliphatic carbocycles. The summed E-state index contributed by atoms with van der Waals surface area (Å²) in [5.74, 6) is 1.01. The van der Waals surface area contributed by atoms with Gasteiger partial charge in [-0.25, -0.2) is 0 Å². The van der Waals surface area contributed by atoms with Crippen molar-refractivity contribution in [1.82, 2.24) is 9.80 Å². The van der Waals surface area contributed by atoms with Gasteiger partial charge in [0.15, 0.2) is 0 Å². The minimum Gasteiger partial charge on any atom is -0.399 e. The van der Waals surface area contributed by atoms with Gasteiger partial charge in [-0.1, -0.05) is 25.3 Å². The van der Waals surface area contributed by atoms with Crippen molar-refractivity contribution >= 4 is 11.6 Å². The lowest BCUT2D eigenvalue weighted by Gasteiger charge is -2.29. The van der Waals surface area contributed by atoms with Crippen LogP contribution in [0.5, 0.6) is 0 Å². The van der Waals surface area contributed by atoms with Crippen molar-refractivity contribution in [2.45, 2.75) is 45.4 Å². The Bertz CT molecular complexity index is 566. The Morgan fingerprint density at radius 1 is 1.08 bits per heavy atom. The molecule has 1 amide bonds. The van der Waals surface area contributed by atoms with Crippen molar-refractivity contribution < 1.29 is 4.79 Å². The number of nitrogen functional groups attached to an aromatic ring is 1. The predicted molar refractivity (Wildman–Crippen MR) is 99.1 cm³/mol. The summed E-state index contributed by atoms with van der Waals surface area (Å²) < 4.78 is 0. The molecule has 0 radical (unpaired) electrons. The molecule has 2 N–H and O–H groups in total. The third kappa shape index (κ3) is 4.29. The van der Waals surface area contributed by atoms with Crippen molar-refractivity contribution in [3.8, 4) is 0 Å². The number of rotatable bonds is 3. The summed E-state index contributed by atoms with van der Waals surface area (Å²) >= 11 is 0. The molecule has 1 heterocycles. The third-order valence-corrected chi connectivity index (χ3v) is 5.61. The summed E-state index contributed by atoms with van der Waals surface area (Å²) in [6, 6.07) is 5.62. The molecule has 1 aromatic rings. The van der Waals surface area contributed by atoms with E-state index in [0.29, 0.717) is 5.69 Å². The van der Waals surface area contributed by atoms with E-state index in [1.807, 2.05) is 30.0 Å². The highest BCUT2D eigenvalue weighted by molar-refractivity contribution is 5.96. The topological polar surface area (TPSA) is 49.6 Å². The minimum atomic E-state index is 0.138. The zero-order valence-electron chi connectivity index (χ0n) is 15.0. The first-order valence-corrected chi connectivity index (χ1v) is 9.51. The Kier molecular flexibility index (Phi) is 5.77. The van der Waals surface area contributed by atoms with Gasteiger partial charge in [-0.05, 0) is 56.3 Å². The molecule has 24 heavy (non-hydrogen) atoms. The minimum absolute atomic E-state index is 0.138. The Balaban J connectivity index is 1.58. The fourth-order valence-corrected chi connectivity index (χ4v) is 4.13. The van der Waals surface area contributed by atoms with Gasteiger partial charge < -0.3 is 15.5 Å². The quantitative estimate of drug-likeness (QED) is 0.866. The van der Waals surface area contributed by atoms with Crippen molar-refractivity contribution in [3.05, 3.63) is 29.3 Å². The van der Waals surface area contributed by atoms with Crippen LogP contribution in [0.2, 0.25) is 0 Å². The highest BCUT2D eigenvalue weighted by Gasteiger charge is 2.23. The highest BCUT2D eigenvalue weighted by Crippen LogP contribution is 2.25. The molecule has 2 aliphatic rings. The lowest BCUT2D eigenvalue weighted by molar-refractivity contribution is 0.0759. The van der Waals surface area contributed by atoms with Crippen molar-refractivity contribution in [2.24, 2.45) is 5.92 Å². The van der Waals surface area contributed by atoms with E-state index in [4.69, 9.17) is 5.73 Å². The number of carbonyl (C=O) groups excluding carboxylic acids is 1. The van der Waals surface area contributed by atoms with Gasteiger partial charge in [-0.2, -0.15) is 0 Å². The molecule has 0 bridgehead atoms. The second-order valence-corrected chi connectivity index (χ2v) is 7.52. The molecular weight excluding hydrogens is 298 g/mol. The lowest BCUT2D eigenvalue weighted by atomic mass is 9.89. The Morgan fingerprint density at radius 2 is 1.88 bits per heavy atom. The van der Waals surface area contributed by atoms with E-state index in [1.54, 1.807) is 0 Å². The largest absolute Gasteiger partial charge is 0.399 e. The van der Waals surface area contributed by atoms with Crippen LogP contribution in [0.1, 0.15) is 54.4 Å². The molecule has 3 rings (SSSR count). The molecule has 1 aromatic carbocycles. The van der Waals surface area contributed by atoms with Gasteiger partial charge in [-0.15, -0.1) is 0 Å². The Hall–Kier alpha value is -1.55. The van der Waals surface area contributed by atoms with E-state index in [2.05, 4.69) is 4.90 Å².